The Morgan fingerprint density at radius 1 is 1.23 bits per heavy atom. The fourth-order valence-electron chi connectivity index (χ4n) is 2.07. The highest BCUT2D eigenvalue weighted by atomic mass is 16.6. The first-order valence-electron chi connectivity index (χ1n) is 6.41. The van der Waals surface area contributed by atoms with E-state index in [0.29, 0.717) is 17.1 Å². The van der Waals surface area contributed by atoms with E-state index >= 15 is 0 Å². The number of nitrogens with one attached hydrogen (secondary N) is 1. The van der Waals surface area contributed by atoms with E-state index in [2.05, 4.69) is 10.4 Å². The molecule has 0 atom stereocenters. The smallest absolute Gasteiger partial charge is 0.296 e. The van der Waals surface area contributed by atoms with E-state index in [1.807, 2.05) is 0 Å². The van der Waals surface area contributed by atoms with E-state index in [0.717, 1.165) is 0 Å². The van der Waals surface area contributed by atoms with Crippen LogP contribution in [0.2, 0.25) is 0 Å². The van der Waals surface area contributed by atoms with Crippen molar-refractivity contribution in [2.45, 2.75) is 13.8 Å². The van der Waals surface area contributed by atoms with Gasteiger partial charge in [0.2, 0.25) is 0 Å². The van der Waals surface area contributed by atoms with E-state index < -0.39 is 16.6 Å². The van der Waals surface area contributed by atoms with Crippen molar-refractivity contribution in [3.8, 4) is 0 Å². The van der Waals surface area contributed by atoms with E-state index in [1.54, 1.807) is 20.9 Å². The van der Waals surface area contributed by atoms with Gasteiger partial charge in [0.25, 0.3) is 17.4 Å². The molecule has 0 aliphatic carbocycles. The topological polar surface area (TPSA) is 107 Å². The van der Waals surface area contributed by atoms with Crippen LogP contribution in [0, 0.1) is 24.0 Å². The maximum Gasteiger partial charge on any atom is 0.296 e. The fourth-order valence-corrected chi connectivity index (χ4v) is 2.07. The number of rotatable bonds is 4. The SMILES string of the molecule is Cc1nn(C)c(C)c1C(=O)C(=O)Nc1ccc([N+](=O)[O-])cc1. The molecule has 2 aromatic rings. The second kappa shape index (κ2) is 5.76. The number of carbonyl (C=O) groups is 2. The van der Waals surface area contributed by atoms with E-state index in [-0.39, 0.29) is 11.3 Å². The molecule has 0 aliphatic heterocycles. The predicted molar refractivity (Wildman–Crippen MR) is 78.7 cm³/mol. The van der Waals surface area contributed by atoms with Gasteiger partial charge in [0.05, 0.1) is 16.2 Å². The van der Waals surface area contributed by atoms with Crippen LogP contribution in [0.3, 0.4) is 0 Å². The summed E-state index contributed by atoms with van der Waals surface area (Å²) in [6, 6.07) is 5.24. The molecular formula is C14H14N4O4. The van der Waals surface area contributed by atoms with Crippen molar-refractivity contribution in [3.63, 3.8) is 0 Å². The predicted octanol–water partition coefficient (Wildman–Crippen LogP) is 1.77. The fraction of sp³-hybridized carbons (Fsp3) is 0.214. The van der Waals surface area contributed by atoms with Crippen LogP contribution >= 0.6 is 0 Å². The van der Waals surface area contributed by atoms with E-state index in [1.165, 1.54) is 28.9 Å². The number of nitrogens with zero attached hydrogens (tertiary/aromatic N) is 3. The number of carbonyl (C=O) groups excluding carboxylic acids is 2. The van der Waals surface area contributed by atoms with Gasteiger partial charge in [0.15, 0.2) is 0 Å². The Morgan fingerprint density at radius 3 is 2.27 bits per heavy atom. The Kier molecular flexibility index (Phi) is 4.02. The Labute approximate surface area is 125 Å². The quantitative estimate of drug-likeness (QED) is 0.401. The van der Waals surface area contributed by atoms with Crippen molar-refractivity contribution in [1.29, 1.82) is 0 Å². The Morgan fingerprint density at radius 2 is 1.82 bits per heavy atom. The van der Waals surface area contributed by atoms with Crippen molar-refractivity contribution in [2.75, 3.05) is 5.32 Å². The number of hydrogen-bond acceptors (Lipinski definition) is 5. The number of amides is 1. The van der Waals surface area contributed by atoms with Crippen LogP contribution < -0.4 is 5.32 Å². The molecule has 8 nitrogen and oxygen atoms in total. The van der Waals surface area contributed by atoms with Crippen LogP contribution in [0.15, 0.2) is 24.3 Å². The summed E-state index contributed by atoms with van der Waals surface area (Å²) in [7, 11) is 1.69. The normalized spacial score (nSPS) is 10.3. The molecular weight excluding hydrogens is 288 g/mol. The third kappa shape index (κ3) is 2.85. The van der Waals surface area contributed by atoms with Gasteiger partial charge >= 0.3 is 0 Å². The molecule has 0 unspecified atom stereocenters. The number of hydrogen-bond donors (Lipinski definition) is 1. The second-order valence-electron chi connectivity index (χ2n) is 4.76. The highest BCUT2D eigenvalue weighted by Gasteiger charge is 2.24. The minimum Gasteiger partial charge on any atom is -0.319 e. The zero-order valence-electron chi connectivity index (χ0n) is 12.3. The number of non-ortho nitro benzene ring substituents is 1. The van der Waals surface area contributed by atoms with Gasteiger partial charge in [-0.2, -0.15) is 5.10 Å². The molecule has 0 aliphatic rings. The summed E-state index contributed by atoms with van der Waals surface area (Å²) < 4.78 is 1.53. The molecule has 8 heteroatoms. The number of aromatic nitrogens is 2. The van der Waals surface area contributed by atoms with E-state index in [9.17, 15) is 19.7 Å². The molecule has 1 N–H and O–H groups in total. The molecule has 0 saturated heterocycles. The van der Waals surface area contributed by atoms with Gasteiger partial charge in [-0.15, -0.1) is 0 Å². The zero-order chi connectivity index (χ0) is 16.4. The van der Waals surface area contributed by atoms with Crippen LogP contribution in [0.5, 0.6) is 0 Å². The molecule has 114 valence electrons. The molecule has 0 bridgehead atoms. The van der Waals surface area contributed by atoms with Gasteiger partial charge in [-0.05, 0) is 26.0 Å². The van der Waals surface area contributed by atoms with E-state index in [4.69, 9.17) is 0 Å². The first-order chi connectivity index (χ1) is 10.3. The number of aryl methyl sites for hydroxylation is 2. The maximum atomic E-state index is 12.2. The third-order valence-electron chi connectivity index (χ3n) is 3.28. The average molecular weight is 302 g/mol. The summed E-state index contributed by atoms with van der Waals surface area (Å²) in [5.74, 6) is -1.51. The van der Waals surface area contributed by atoms with Crippen molar-refractivity contribution < 1.29 is 14.5 Å². The molecule has 0 fully saturated rings. The van der Waals surface area contributed by atoms with Crippen molar-refractivity contribution in [1.82, 2.24) is 9.78 Å². The second-order valence-corrected chi connectivity index (χ2v) is 4.76. The molecule has 0 saturated carbocycles. The number of Topliss-reactive ketones (excluding diaryl/α,β-unsaturated/α-hetero) is 1. The number of nitro groups is 1. The lowest BCUT2D eigenvalue weighted by Gasteiger charge is -2.04. The highest BCUT2D eigenvalue weighted by Crippen LogP contribution is 2.17. The summed E-state index contributed by atoms with van der Waals surface area (Å²) in [5.41, 5.74) is 1.55. The lowest BCUT2D eigenvalue weighted by Crippen LogP contribution is -2.24. The number of anilines is 1. The maximum absolute atomic E-state index is 12.2. The van der Waals surface area contributed by atoms with Gasteiger partial charge in [-0.1, -0.05) is 0 Å². The first-order valence-corrected chi connectivity index (χ1v) is 6.41. The number of benzene rings is 1. The highest BCUT2D eigenvalue weighted by molar-refractivity contribution is 6.47. The third-order valence-corrected chi connectivity index (χ3v) is 3.28. The minimum absolute atomic E-state index is 0.0942. The molecule has 1 aromatic heterocycles. The Hall–Kier alpha value is -3.03. The van der Waals surface area contributed by atoms with Gasteiger partial charge < -0.3 is 5.32 Å². The lowest BCUT2D eigenvalue weighted by atomic mass is 10.1. The standard InChI is InChI=1S/C14H14N4O4/c1-8-12(9(2)17(3)16-8)13(19)14(20)15-10-4-6-11(7-5-10)18(21)22/h4-7H,1-3H3,(H,15,20). The number of ketones is 1. The van der Waals surface area contributed by atoms with Crippen LogP contribution in [0.25, 0.3) is 0 Å². The summed E-state index contributed by atoms with van der Waals surface area (Å²) in [6.07, 6.45) is 0. The van der Waals surface area contributed by atoms with Gasteiger partial charge in [-0.3, -0.25) is 24.4 Å². The summed E-state index contributed by atoms with van der Waals surface area (Å²) in [5, 5.41) is 17.1. The summed E-state index contributed by atoms with van der Waals surface area (Å²) in [4.78, 5) is 34.2. The Bertz CT molecular complexity index is 762. The summed E-state index contributed by atoms with van der Waals surface area (Å²) >= 11 is 0. The molecule has 2 rings (SSSR count). The number of nitro benzene ring substituents is 1. The van der Waals surface area contributed by atoms with Gasteiger partial charge in [-0.25, -0.2) is 0 Å². The lowest BCUT2D eigenvalue weighted by molar-refractivity contribution is -0.384. The molecule has 22 heavy (non-hydrogen) atoms. The van der Waals surface area contributed by atoms with Gasteiger partial charge in [0.1, 0.15) is 0 Å². The van der Waals surface area contributed by atoms with Crippen molar-refractivity contribution in [2.24, 2.45) is 7.05 Å². The van der Waals surface area contributed by atoms with Crippen LogP contribution in [-0.4, -0.2) is 26.4 Å². The molecule has 1 amide bonds. The monoisotopic (exact) mass is 302 g/mol. The zero-order valence-corrected chi connectivity index (χ0v) is 12.3. The van der Waals surface area contributed by atoms with Crippen LogP contribution in [-0.2, 0) is 11.8 Å². The van der Waals surface area contributed by atoms with Crippen molar-refractivity contribution >= 4 is 23.1 Å². The average Bonchev–Trinajstić information content (AvgIpc) is 2.72. The van der Waals surface area contributed by atoms with Crippen LogP contribution in [0.1, 0.15) is 21.7 Å². The summed E-state index contributed by atoms with van der Waals surface area (Å²) in [6.45, 7) is 3.35. The molecule has 0 radical (unpaired) electrons. The van der Waals surface area contributed by atoms with Crippen LogP contribution in [0.4, 0.5) is 11.4 Å². The molecule has 1 aromatic carbocycles. The Balaban J connectivity index is 2.18. The largest absolute Gasteiger partial charge is 0.319 e. The minimum atomic E-state index is -0.812. The molecule has 0 spiro atoms. The van der Waals surface area contributed by atoms with Gasteiger partial charge in [0, 0.05) is 30.6 Å². The first kappa shape index (κ1) is 15.4. The molecule has 1 heterocycles. The van der Waals surface area contributed by atoms with Crippen molar-refractivity contribution in [3.05, 3.63) is 51.3 Å².